The van der Waals surface area contributed by atoms with Gasteiger partial charge in [-0.2, -0.15) is 5.10 Å². The summed E-state index contributed by atoms with van der Waals surface area (Å²) in [4.78, 5) is 29.9. The normalized spacial score (nSPS) is 17.4. The molecular weight excluding hydrogens is 324 g/mol. The van der Waals surface area contributed by atoms with Gasteiger partial charge in [0, 0.05) is 43.9 Å². The fraction of sp³-hybridized carbons (Fsp3) is 0.500. The Kier molecular flexibility index (Phi) is 7.64. The summed E-state index contributed by atoms with van der Waals surface area (Å²) in [5.41, 5.74) is 1.14. The fourth-order valence-corrected chi connectivity index (χ4v) is 2.93. The Balaban J connectivity index is 0.000000701. The minimum atomic E-state index is -0.250. The monoisotopic (exact) mass is 348 g/mol. The highest BCUT2D eigenvalue weighted by molar-refractivity contribution is 5.75. The number of aromatic nitrogens is 4. The van der Waals surface area contributed by atoms with Crippen molar-refractivity contribution in [3.05, 3.63) is 36.7 Å². The van der Waals surface area contributed by atoms with Crippen molar-refractivity contribution in [1.29, 1.82) is 0 Å². The number of likely N-dealkylation sites (tertiary alicyclic amines) is 1. The Morgan fingerprint density at radius 3 is 3.04 bits per heavy atom. The van der Waals surface area contributed by atoms with Crippen LogP contribution in [0.1, 0.15) is 18.5 Å². The zero-order valence-electron chi connectivity index (χ0n) is 14.0. The summed E-state index contributed by atoms with van der Waals surface area (Å²) in [6, 6.07) is 1.82. The van der Waals surface area contributed by atoms with Gasteiger partial charge >= 0.3 is 0 Å². The SMILES string of the molecule is O=C(Cn1cccn1)NCC1CCCN(Cc2cnc[nH]2)C1.O=CO. The van der Waals surface area contributed by atoms with E-state index >= 15 is 0 Å². The summed E-state index contributed by atoms with van der Waals surface area (Å²) in [5, 5.41) is 14.0. The van der Waals surface area contributed by atoms with Crippen molar-refractivity contribution in [3.8, 4) is 0 Å². The minimum absolute atomic E-state index is 0.0226. The highest BCUT2D eigenvalue weighted by atomic mass is 16.3. The predicted molar refractivity (Wildman–Crippen MR) is 90.5 cm³/mol. The van der Waals surface area contributed by atoms with Crippen LogP contribution in [-0.4, -0.2) is 61.8 Å². The molecule has 0 radical (unpaired) electrons. The number of nitrogens with one attached hydrogen (secondary N) is 2. The third-order valence-corrected chi connectivity index (χ3v) is 4.00. The van der Waals surface area contributed by atoms with Crippen molar-refractivity contribution in [2.45, 2.75) is 25.9 Å². The summed E-state index contributed by atoms with van der Waals surface area (Å²) in [7, 11) is 0. The average molecular weight is 348 g/mol. The van der Waals surface area contributed by atoms with Crippen molar-refractivity contribution in [2.75, 3.05) is 19.6 Å². The number of carbonyl (C=O) groups excluding carboxylic acids is 1. The lowest BCUT2D eigenvalue weighted by molar-refractivity contribution is -0.123. The lowest BCUT2D eigenvalue weighted by Crippen LogP contribution is -2.41. The van der Waals surface area contributed by atoms with Crippen LogP contribution in [0.3, 0.4) is 0 Å². The first-order valence-electron chi connectivity index (χ1n) is 8.23. The standard InChI is InChI=1S/C15H22N6O.CH2O2/c22-15(11-21-6-2-4-19-21)17-7-13-3-1-5-20(9-13)10-14-8-16-12-18-14;2-1-3/h2,4,6,8,12-13H,1,3,5,7,9-11H2,(H,16,18)(H,17,22);1H,(H,2,3). The summed E-state index contributed by atoms with van der Waals surface area (Å²) in [6.45, 7) is 3.80. The van der Waals surface area contributed by atoms with Gasteiger partial charge in [0.05, 0.1) is 6.33 Å². The molecule has 2 aromatic rings. The van der Waals surface area contributed by atoms with E-state index in [1.54, 1.807) is 23.4 Å². The van der Waals surface area contributed by atoms with Crippen molar-refractivity contribution >= 4 is 12.4 Å². The molecule has 3 heterocycles. The molecule has 0 aliphatic carbocycles. The van der Waals surface area contributed by atoms with E-state index in [4.69, 9.17) is 9.90 Å². The molecule has 0 spiro atoms. The summed E-state index contributed by atoms with van der Waals surface area (Å²) in [5.74, 6) is 0.535. The number of nitrogens with zero attached hydrogens (tertiary/aromatic N) is 4. The third-order valence-electron chi connectivity index (χ3n) is 4.00. The van der Waals surface area contributed by atoms with Crippen molar-refractivity contribution < 1.29 is 14.7 Å². The van der Waals surface area contributed by atoms with E-state index in [9.17, 15) is 4.79 Å². The van der Waals surface area contributed by atoms with E-state index in [-0.39, 0.29) is 18.9 Å². The molecule has 1 unspecified atom stereocenters. The molecule has 1 atom stereocenters. The van der Waals surface area contributed by atoms with Gasteiger partial charge < -0.3 is 15.4 Å². The zero-order chi connectivity index (χ0) is 17.9. The van der Waals surface area contributed by atoms with Gasteiger partial charge in [0.25, 0.3) is 6.47 Å². The number of carbonyl (C=O) groups is 2. The van der Waals surface area contributed by atoms with Crippen LogP contribution in [0.4, 0.5) is 0 Å². The largest absolute Gasteiger partial charge is 0.483 e. The highest BCUT2D eigenvalue weighted by Gasteiger charge is 2.20. The number of hydrogen-bond acceptors (Lipinski definition) is 5. The summed E-state index contributed by atoms with van der Waals surface area (Å²) < 4.78 is 1.64. The number of H-pyrrole nitrogens is 1. The van der Waals surface area contributed by atoms with Crippen LogP contribution in [0.2, 0.25) is 0 Å². The first-order chi connectivity index (χ1) is 12.2. The molecule has 9 heteroatoms. The number of piperidine rings is 1. The lowest BCUT2D eigenvalue weighted by Gasteiger charge is -2.32. The van der Waals surface area contributed by atoms with Crippen LogP contribution in [0.15, 0.2) is 31.0 Å². The van der Waals surface area contributed by atoms with Crippen molar-refractivity contribution in [3.63, 3.8) is 0 Å². The Hall–Kier alpha value is -2.68. The average Bonchev–Trinajstić information content (AvgIpc) is 3.28. The second-order valence-corrected chi connectivity index (χ2v) is 5.93. The minimum Gasteiger partial charge on any atom is -0.483 e. The van der Waals surface area contributed by atoms with E-state index in [0.717, 1.165) is 31.9 Å². The molecule has 1 fully saturated rings. The lowest BCUT2D eigenvalue weighted by atomic mass is 9.98. The molecule has 1 aliphatic rings. The molecular formula is C16H24N6O3. The van der Waals surface area contributed by atoms with E-state index < -0.39 is 0 Å². The highest BCUT2D eigenvalue weighted by Crippen LogP contribution is 2.17. The van der Waals surface area contributed by atoms with E-state index in [0.29, 0.717) is 5.92 Å². The molecule has 136 valence electrons. The van der Waals surface area contributed by atoms with Gasteiger partial charge in [-0.1, -0.05) is 0 Å². The van der Waals surface area contributed by atoms with Crippen LogP contribution in [0.25, 0.3) is 0 Å². The second kappa shape index (κ2) is 10.2. The maximum atomic E-state index is 11.9. The van der Waals surface area contributed by atoms with E-state index in [1.165, 1.54) is 12.8 Å². The van der Waals surface area contributed by atoms with Crippen LogP contribution in [0.5, 0.6) is 0 Å². The number of rotatable bonds is 6. The third kappa shape index (κ3) is 6.76. The topological polar surface area (TPSA) is 116 Å². The fourth-order valence-electron chi connectivity index (χ4n) is 2.93. The second-order valence-electron chi connectivity index (χ2n) is 5.93. The van der Waals surface area contributed by atoms with Crippen molar-refractivity contribution in [2.24, 2.45) is 5.92 Å². The van der Waals surface area contributed by atoms with E-state index in [1.807, 2.05) is 12.3 Å². The summed E-state index contributed by atoms with van der Waals surface area (Å²) in [6.07, 6.45) is 9.41. The Labute approximate surface area is 146 Å². The molecule has 9 nitrogen and oxygen atoms in total. The van der Waals surface area contributed by atoms with Gasteiger partial charge in [0.2, 0.25) is 5.91 Å². The van der Waals surface area contributed by atoms with Gasteiger partial charge in [0.15, 0.2) is 0 Å². The molecule has 0 aromatic carbocycles. The van der Waals surface area contributed by atoms with Crippen LogP contribution in [0, 0.1) is 5.92 Å². The maximum Gasteiger partial charge on any atom is 0.290 e. The smallest absolute Gasteiger partial charge is 0.290 e. The van der Waals surface area contributed by atoms with E-state index in [2.05, 4.69) is 25.3 Å². The summed E-state index contributed by atoms with van der Waals surface area (Å²) >= 11 is 0. The molecule has 0 saturated carbocycles. The van der Waals surface area contributed by atoms with Gasteiger partial charge in [0.1, 0.15) is 6.54 Å². The van der Waals surface area contributed by atoms with Gasteiger partial charge in [-0.3, -0.25) is 19.2 Å². The van der Waals surface area contributed by atoms with Crippen LogP contribution in [-0.2, 0) is 22.7 Å². The van der Waals surface area contributed by atoms with Gasteiger partial charge in [-0.15, -0.1) is 0 Å². The number of aromatic amines is 1. The molecule has 3 N–H and O–H groups in total. The molecule has 3 rings (SSSR count). The first-order valence-corrected chi connectivity index (χ1v) is 8.23. The molecule has 1 amide bonds. The number of hydrogen-bond donors (Lipinski definition) is 3. The quantitative estimate of drug-likeness (QED) is 0.648. The molecule has 25 heavy (non-hydrogen) atoms. The number of amides is 1. The van der Waals surface area contributed by atoms with Crippen molar-refractivity contribution in [1.82, 2.24) is 30.0 Å². The Bertz CT molecular complexity index is 614. The molecule has 1 saturated heterocycles. The zero-order valence-corrected chi connectivity index (χ0v) is 14.0. The van der Waals surface area contributed by atoms with Gasteiger partial charge in [-0.05, 0) is 31.4 Å². The molecule has 2 aromatic heterocycles. The van der Waals surface area contributed by atoms with Crippen LogP contribution >= 0.6 is 0 Å². The molecule has 1 aliphatic heterocycles. The number of carboxylic acid groups (broad SMARTS) is 1. The van der Waals surface area contributed by atoms with Crippen LogP contribution < -0.4 is 5.32 Å². The first kappa shape index (κ1) is 18.7. The Morgan fingerprint density at radius 2 is 2.36 bits per heavy atom. The maximum absolute atomic E-state index is 11.9. The number of imidazole rings is 1. The van der Waals surface area contributed by atoms with Gasteiger partial charge in [-0.25, -0.2) is 4.98 Å². The Morgan fingerprint density at radius 1 is 1.52 bits per heavy atom. The predicted octanol–water partition coefficient (Wildman–Crippen LogP) is 0.335. The molecule has 0 bridgehead atoms.